The van der Waals surface area contributed by atoms with Crippen LogP contribution in [-0.4, -0.2) is 47.7 Å². The summed E-state index contributed by atoms with van der Waals surface area (Å²) in [5.74, 6) is -2.12. The molecule has 2 heterocycles. The molecule has 0 saturated heterocycles. The van der Waals surface area contributed by atoms with Crippen LogP contribution in [0.1, 0.15) is 35.2 Å². The molecule has 0 bridgehead atoms. The Labute approximate surface area is 232 Å². The van der Waals surface area contributed by atoms with Gasteiger partial charge >= 0.3 is 18.0 Å². The van der Waals surface area contributed by atoms with Gasteiger partial charge in [-0.15, -0.1) is 5.10 Å². The number of aromatic nitrogens is 5. The fourth-order valence-corrected chi connectivity index (χ4v) is 4.12. The molecule has 1 N–H and O–H groups in total. The molecule has 4 rings (SSSR count). The van der Waals surface area contributed by atoms with E-state index in [0.717, 1.165) is 18.2 Å². The summed E-state index contributed by atoms with van der Waals surface area (Å²) in [6.45, 7) is -0.488. The van der Waals surface area contributed by atoms with Gasteiger partial charge < -0.3 is 9.63 Å². The van der Waals surface area contributed by atoms with Gasteiger partial charge in [0.05, 0.1) is 18.0 Å². The first-order chi connectivity index (χ1) is 19.1. The van der Waals surface area contributed by atoms with E-state index in [1.807, 2.05) is 0 Å². The maximum atomic E-state index is 13.3. The van der Waals surface area contributed by atoms with Gasteiger partial charge in [-0.2, -0.15) is 31.3 Å². The first-order valence-electron chi connectivity index (χ1n) is 11.8. The van der Waals surface area contributed by atoms with Gasteiger partial charge in [-0.3, -0.25) is 9.36 Å². The quantitative estimate of drug-likeness (QED) is 0.274. The van der Waals surface area contributed by atoms with Gasteiger partial charge in [0.1, 0.15) is 6.54 Å². The lowest BCUT2D eigenvalue weighted by atomic mass is 9.92. The monoisotopic (exact) mass is 603 g/mol. The number of rotatable bonds is 9. The predicted octanol–water partition coefficient (Wildman–Crippen LogP) is 4.79. The lowest BCUT2D eigenvalue weighted by Gasteiger charge is -2.15. The minimum Gasteiger partial charge on any atom is -0.382 e. The first kappa shape index (κ1) is 30.0. The molecule has 0 aliphatic carbocycles. The molecule has 0 saturated carbocycles. The van der Waals surface area contributed by atoms with E-state index in [0.29, 0.717) is 14.3 Å². The summed E-state index contributed by atoms with van der Waals surface area (Å²) in [4.78, 5) is 30.2. The number of hydrogen-bond acceptors (Lipinski definition) is 7. The van der Waals surface area contributed by atoms with E-state index in [9.17, 15) is 41.0 Å². The number of nitrogens with zero attached hydrogens (tertiary/aromatic N) is 5. The third kappa shape index (κ3) is 7.03. The molecule has 41 heavy (non-hydrogen) atoms. The van der Waals surface area contributed by atoms with Crippen molar-refractivity contribution in [1.82, 2.24) is 24.5 Å². The van der Waals surface area contributed by atoms with Crippen LogP contribution in [0.25, 0.3) is 11.4 Å². The Balaban J connectivity index is 1.68. The lowest BCUT2D eigenvalue weighted by molar-refractivity contribution is -0.207. The van der Waals surface area contributed by atoms with Crippen molar-refractivity contribution >= 4 is 17.4 Å². The van der Waals surface area contributed by atoms with Crippen molar-refractivity contribution in [2.24, 2.45) is 0 Å². The fourth-order valence-electron chi connectivity index (χ4n) is 3.99. The third-order valence-corrected chi connectivity index (χ3v) is 6.23. The van der Waals surface area contributed by atoms with Crippen LogP contribution in [0.4, 0.5) is 26.3 Å². The number of alkyl halides is 6. The zero-order valence-corrected chi connectivity index (χ0v) is 21.7. The first-order valence-corrected chi connectivity index (χ1v) is 12.2. The molecule has 218 valence electrons. The molecular formula is C25H20ClF6N5O4. The predicted molar refractivity (Wildman–Crippen MR) is 131 cm³/mol. The fraction of sp³-hybridized carbons (Fsp3) is 0.320. The number of carbonyl (C=O) groups excluding carboxylic acids is 1. The third-order valence-electron chi connectivity index (χ3n) is 5.97. The van der Waals surface area contributed by atoms with E-state index < -0.39 is 60.9 Å². The minimum absolute atomic E-state index is 0.0323. The normalized spacial score (nSPS) is 13.8. The van der Waals surface area contributed by atoms with Crippen LogP contribution in [0.3, 0.4) is 0 Å². The topological polar surface area (TPSA) is 116 Å². The molecule has 0 spiro atoms. The SMILES string of the molecule is Cc1noc(C(CC(=O)Cn2nc(-c3ccc(Cl)cc3)n(C[C@H](O)C(F)(F)F)c2=O)c2cccc(C(F)(F)F)c2)n1. The summed E-state index contributed by atoms with van der Waals surface area (Å²) in [5, 5.41) is 17.5. The highest BCUT2D eigenvalue weighted by molar-refractivity contribution is 6.30. The van der Waals surface area contributed by atoms with Crippen LogP contribution in [0.5, 0.6) is 0 Å². The van der Waals surface area contributed by atoms with Crippen molar-refractivity contribution in [2.75, 3.05) is 0 Å². The van der Waals surface area contributed by atoms with Gasteiger partial charge in [-0.05, 0) is 42.8 Å². The number of Topliss-reactive ketones (excluding diaryl/α,β-unsaturated/α-hetero) is 1. The van der Waals surface area contributed by atoms with Gasteiger partial charge in [0.25, 0.3) is 0 Å². The summed E-state index contributed by atoms with van der Waals surface area (Å²) < 4.78 is 85.6. The van der Waals surface area contributed by atoms with Crippen molar-refractivity contribution < 1.29 is 40.8 Å². The second-order valence-corrected chi connectivity index (χ2v) is 9.47. The number of aliphatic hydroxyl groups is 1. The van der Waals surface area contributed by atoms with E-state index in [1.165, 1.54) is 37.3 Å². The van der Waals surface area contributed by atoms with Crippen molar-refractivity contribution in [1.29, 1.82) is 0 Å². The van der Waals surface area contributed by atoms with Gasteiger partial charge in [0.15, 0.2) is 23.5 Å². The van der Waals surface area contributed by atoms with E-state index in [-0.39, 0.29) is 28.7 Å². The molecule has 0 amide bonds. The number of benzene rings is 2. The zero-order chi connectivity index (χ0) is 30.1. The maximum absolute atomic E-state index is 13.3. The molecule has 2 atom stereocenters. The van der Waals surface area contributed by atoms with E-state index >= 15 is 0 Å². The standard InChI is InChI=1S/C25H20ClF6N5O4/c1-13-33-22(41-35-13)19(15-3-2-4-16(9-15)24(27,28)29)10-18(38)11-37-23(40)36(12-20(39)25(30,31)32)21(34-37)14-5-7-17(26)8-6-14/h2-9,19-20,39H,10-12H2,1H3/t19?,20-/m0/s1. The van der Waals surface area contributed by atoms with Crippen molar-refractivity contribution in [3.8, 4) is 11.4 Å². The molecule has 0 aliphatic heterocycles. The number of aliphatic hydroxyl groups excluding tert-OH is 1. The Morgan fingerprint density at radius 1 is 1.10 bits per heavy atom. The van der Waals surface area contributed by atoms with Crippen LogP contribution in [0.2, 0.25) is 5.02 Å². The van der Waals surface area contributed by atoms with Crippen molar-refractivity contribution in [3.63, 3.8) is 0 Å². The number of aryl methyl sites for hydroxylation is 1. The summed E-state index contributed by atoms with van der Waals surface area (Å²) in [6, 6.07) is 9.74. The Morgan fingerprint density at radius 2 is 1.78 bits per heavy atom. The number of hydrogen-bond donors (Lipinski definition) is 1. The van der Waals surface area contributed by atoms with Gasteiger partial charge in [0, 0.05) is 17.0 Å². The largest absolute Gasteiger partial charge is 0.416 e. The molecule has 0 radical (unpaired) electrons. The maximum Gasteiger partial charge on any atom is 0.416 e. The zero-order valence-electron chi connectivity index (χ0n) is 20.9. The molecular weight excluding hydrogens is 584 g/mol. The summed E-state index contributed by atoms with van der Waals surface area (Å²) in [6.07, 6.45) is -13.1. The second-order valence-electron chi connectivity index (χ2n) is 9.04. The number of ketones is 1. The molecule has 0 aliphatic rings. The van der Waals surface area contributed by atoms with Crippen LogP contribution >= 0.6 is 11.6 Å². The number of carbonyl (C=O) groups is 1. The molecule has 0 fully saturated rings. The summed E-state index contributed by atoms with van der Waals surface area (Å²) in [7, 11) is 0. The molecule has 2 aromatic carbocycles. The van der Waals surface area contributed by atoms with Gasteiger partial charge in [-0.25, -0.2) is 9.48 Å². The Morgan fingerprint density at radius 3 is 2.37 bits per heavy atom. The highest BCUT2D eigenvalue weighted by atomic mass is 35.5. The van der Waals surface area contributed by atoms with Crippen LogP contribution in [0, 0.1) is 6.92 Å². The summed E-state index contributed by atoms with van der Waals surface area (Å²) >= 11 is 5.87. The van der Waals surface area contributed by atoms with Crippen LogP contribution in [0.15, 0.2) is 57.8 Å². The highest BCUT2D eigenvalue weighted by Gasteiger charge is 2.39. The van der Waals surface area contributed by atoms with Crippen LogP contribution in [-0.2, 0) is 24.1 Å². The van der Waals surface area contributed by atoms with E-state index in [1.54, 1.807) is 0 Å². The van der Waals surface area contributed by atoms with E-state index in [2.05, 4.69) is 15.2 Å². The summed E-state index contributed by atoms with van der Waals surface area (Å²) in [5.41, 5.74) is -1.90. The second kappa shape index (κ2) is 11.5. The Bertz CT molecular complexity index is 1590. The van der Waals surface area contributed by atoms with Gasteiger partial charge in [-0.1, -0.05) is 35.0 Å². The molecule has 9 nitrogen and oxygen atoms in total. The van der Waals surface area contributed by atoms with Gasteiger partial charge in [0.2, 0.25) is 5.89 Å². The Hall–Kier alpha value is -3.98. The van der Waals surface area contributed by atoms with E-state index in [4.69, 9.17) is 16.1 Å². The molecule has 16 heteroatoms. The molecule has 1 unspecified atom stereocenters. The number of halogens is 7. The average molecular weight is 604 g/mol. The van der Waals surface area contributed by atoms with Crippen molar-refractivity contribution in [2.45, 2.75) is 50.8 Å². The highest BCUT2D eigenvalue weighted by Crippen LogP contribution is 2.34. The van der Waals surface area contributed by atoms with Crippen LogP contribution < -0.4 is 5.69 Å². The smallest absolute Gasteiger partial charge is 0.382 e. The minimum atomic E-state index is -5.05. The molecule has 4 aromatic rings. The molecule has 2 aromatic heterocycles. The lowest BCUT2D eigenvalue weighted by Crippen LogP contribution is -2.37. The Kier molecular flexibility index (Phi) is 8.40. The van der Waals surface area contributed by atoms with Crippen molar-refractivity contribution in [3.05, 3.63) is 86.9 Å². The average Bonchev–Trinajstić information content (AvgIpc) is 3.45.